The van der Waals surface area contributed by atoms with Crippen molar-refractivity contribution in [2.75, 3.05) is 6.61 Å². The summed E-state index contributed by atoms with van der Waals surface area (Å²) in [6.07, 6.45) is 14.5. The van der Waals surface area contributed by atoms with Gasteiger partial charge in [0.2, 0.25) is 0 Å². The van der Waals surface area contributed by atoms with Crippen LogP contribution in [0.2, 0.25) is 0 Å². The highest BCUT2D eigenvalue weighted by atomic mass is 16.4. The fourth-order valence-corrected chi connectivity index (χ4v) is 5.37. The second-order valence-electron chi connectivity index (χ2n) is 12.0. The Hall–Kier alpha value is -1.49. The summed E-state index contributed by atoms with van der Waals surface area (Å²) in [5.41, 5.74) is -0.832. The van der Waals surface area contributed by atoms with Gasteiger partial charge in [-0.2, -0.15) is 0 Å². The molecule has 0 aromatic carbocycles. The first-order valence-corrected chi connectivity index (χ1v) is 13.1. The summed E-state index contributed by atoms with van der Waals surface area (Å²) in [6, 6.07) is 0. The molecule has 33 heavy (non-hydrogen) atoms. The number of rotatable bonds is 12. The van der Waals surface area contributed by atoms with Crippen LogP contribution in [0.1, 0.15) is 105 Å². The Morgan fingerprint density at radius 3 is 1.73 bits per heavy atom. The average Bonchev–Trinajstić information content (AvgIpc) is 2.75. The predicted octanol–water partition coefficient (Wildman–Crippen LogP) is 5.98. The van der Waals surface area contributed by atoms with Gasteiger partial charge in [0, 0.05) is 30.3 Å². The normalized spacial score (nSPS) is 27.3. The fourth-order valence-electron chi connectivity index (χ4n) is 5.37. The first-order valence-electron chi connectivity index (χ1n) is 13.1. The number of carbonyl (C=O) groups excluding carboxylic acids is 2. The maximum atomic E-state index is 13.0. The maximum absolute atomic E-state index is 13.0. The zero-order valence-corrected chi connectivity index (χ0v) is 21.3. The van der Waals surface area contributed by atoms with Crippen molar-refractivity contribution in [2.45, 2.75) is 105 Å². The molecule has 0 aliphatic heterocycles. The monoisotopic (exact) mass is 462 g/mol. The lowest BCUT2D eigenvalue weighted by atomic mass is 9.74. The van der Waals surface area contributed by atoms with Crippen molar-refractivity contribution in [1.29, 1.82) is 0 Å². The number of aliphatic hydroxyl groups excluding tert-OH is 1. The minimum atomic E-state index is -0.786. The Bertz CT molecular complexity index is 705. The molecule has 2 aliphatic rings. The van der Waals surface area contributed by atoms with Gasteiger partial charge in [0.05, 0.1) is 5.41 Å². The number of Topliss-reactive ketones (excluding diaryl/α,β-unsaturated/α-hetero) is 2. The van der Waals surface area contributed by atoms with Gasteiger partial charge in [0.25, 0.3) is 0 Å². The molecule has 2 rings (SSSR count). The van der Waals surface area contributed by atoms with Crippen LogP contribution in [-0.2, 0) is 14.4 Å². The van der Waals surface area contributed by atoms with E-state index >= 15 is 0 Å². The second-order valence-corrected chi connectivity index (χ2v) is 12.0. The SMILES string of the molecule is CC(C)(CO)CCCC1CCCC(/C=C/C2CCCC(CCCC(C)(C)C(=O)O)C2=O)C1=O. The van der Waals surface area contributed by atoms with E-state index in [0.29, 0.717) is 12.2 Å². The lowest BCUT2D eigenvalue weighted by molar-refractivity contribution is -0.147. The summed E-state index contributed by atoms with van der Waals surface area (Å²) in [7, 11) is 0. The van der Waals surface area contributed by atoms with Crippen molar-refractivity contribution < 1.29 is 24.6 Å². The van der Waals surface area contributed by atoms with E-state index in [9.17, 15) is 24.6 Å². The van der Waals surface area contributed by atoms with Crippen molar-refractivity contribution in [2.24, 2.45) is 34.5 Å². The molecule has 0 saturated heterocycles. The van der Waals surface area contributed by atoms with E-state index in [-0.39, 0.29) is 41.5 Å². The van der Waals surface area contributed by atoms with E-state index in [1.807, 2.05) is 12.2 Å². The van der Waals surface area contributed by atoms with E-state index in [2.05, 4.69) is 13.8 Å². The Kier molecular flexibility index (Phi) is 10.3. The first kappa shape index (κ1) is 27.8. The number of carboxylic acids is 1. The van der Waals surface area contributed by atoms with Gasteiger partial charge in [-0.25, -0.2) is 0 Å². The molecular weight excluding hydrogens is 416 g/mol. The highest BCUT2D eigenvalue weighted by Crippen LogP contribution is 2.35. The van der Waals surface area contributed by atoms with Crippen molar-refractivity contribution in [3.8, 4) is 0 Å². The van der Waals surface area contributed by atoms with Crippen LogP contribution in [0.4, 0.5) is 0 Å². The Labute approximate surface area is 200 Å². The van der Waals surface area contributed by atoms with Crippen LogP contribution in [0, 0.1) is 34.5 Å². The average molecular weight is 463 g/mol. The molecule has 0 aromatic heterocycles. The molecule has 5 heteroatoms. The number of hydrogen-bond acceptors (Lipinski definition) is 4. The van der Waals surface area contributed by atoms with Gasteiger partial charge in [-0.1, -0.05) is 51.7 Å². The summed E-state index contributed by atoms with van der Waals surface area (Å²) < 4.78 is 0. The third-order valence-electron chi connectivity index (χ3n) is 8.01. The molecule has 0 heterocycles. The maximum Gasteiger partial charge on any atom is 0.309 e. The number of aliphatic hydroxyl groups is 1. The minimum Gasteiger partial charge on any atom is -0.481 e. The number of allylic oxidation sites excluding steroid dienone is 2. The topological polar surface area (TPSA) is 91.7 Å². The summed E-state index contributed by atoms with van der Waals surface area (Å²) in [5, 5.41) is 18.7. The molecule has 2 fully saturated rings. The van der Waals surface area contributed by atoms with E-state index in [1.165, 1.54) is 0 Å². The van der Waals surface area contributed by atoms with E-state index in [0.717, 1.165) is 70.6 Å². The van der Waals surface area contributed by atoms with Gasteiger partial charge in [-0.05, 0) is 70.6 Å². The van der Waals surface area contributed by atoms with Gasteiger partial charge in [0.15, 0.2) is 0 Å². The first-order chi connectivity index (χ1) is 15.5. The van der Waals surface area contributed by atoms with E-state index in [1.54, 1.807) is 13.8 Å². The second kappa shape index (κ2) is 12.3. The Balaban J connectivity index is 1.86. The number of ketones is 2. The van der Waals surface area contributed by atoms with Crippen LogP contribution < -0.4 is 0 Å². The number of carboxylic acid groups (broad SMARTS) is 1. The fraction of sp³-hybridized carbons (Fsp3) is 0.821. The van der Waals surface area contributed by atoms with Crippen LogP contribution >= 0.6 is 0 Å². The van der Waals surface area contributed by atoms with E-state index in [4.69, 9.17) is 0 Å². The summed E-state index contributed by atoms with van der Waals surface area (Å²) in [5.74, 6) is -0.232. The van der Waals surface area contributed by atoms with Crippen molar-refractivity contribution >= 4 is 17.5 Å². The highest BCUT2D eigenvalue weighted by molar-refractivity contribution is 5.87. The molecule has 2 N–H and O–H groups in total. The smallest absolute Gasteiger partial charge is 0.309 e. The molecule has 0 amide bonds. The van der Waals surface area contributed by atoms with Gasteiger partial charge in [-0.3, -0.25) is 14.4 Å². The van der Waals surface area contributed by atoms with Gasteiger partial charge in [-0.15, -0.1) is 0 Å². The molecule has 0 aromatic rings. The molecule has 0 radical (unpaired) electrons. The van der Waals surface area contributed by atoms with Crippen molar-refractivity contribution in [3.05, 3.63) is 12.2 Å². The van der Waals surface area contributed by atoms with Crippen LogP contribution in [0.15, 0.2) is 12.2 Å². The summed E-state index contributed by atoms with van der Waals surface area (Å²) >= 11 is 0. The lowest BCUT2D eigenvalue weighted by Crippen LogP contribution is -2.30. The summed E-state index contributed by atoms with van der Waals surface area (Å²) in [4.78, 5) is 37.4. The highest BCUT2D eigenvalue weighted by Gasteiger charge is 2.33. The molecule has 4 unspecified atom stereocenters. The molecule has 2 saturated carbocycles. The number of hydrogen-bond donors (Lipinski definition) is 2. The molecule has 0 bridgehead atoms. The molecule has 188 valence electrons. The van der Waals surface area contributed by atoms with Gasteiger partial charge < -0.3 is 10.2 Å². The zero-order valence-electron chi connectivity index (χ0n) is 21.3. The Morgan fingerprint density at radius 1 is 0.848 bits per heavy atom. The van der Waals surface area contributed by atoms with Crippen LogP contribution in [0.5, 0.6) is 0 Å². The standard InChI is InChI=1S/C28H46O5/c1-27(2,19-29)17-7-13-20-9-5-11-22(24(20)30)15-16-23-12-6-10-21(25(23)31)14-8-18-28(3,4)26(32)33/h15-16,20-23,29H,5-14,17-19H2,1-4H3,(H,32,33)/b16-15+. The minimum absolute atomic E-state index is 0.0164. The third-order valence-corrected chi connectivity index (χ3v) is 8.01. The van der Waals surface area contributed by atoms with Gasteiger partial charge in [0.1, 0.15) is 11.6 Å². The molecular formula is C28H46O5. The zero-order chi connectivity index (χ0) is 24.6. The third kappa shape index (κ3) is 8.35. The van der Waals surface area contributed by atoms with Crippen LogP contribution in [0.25, 0.3) is 0 Å². The number of aliphatic carboxylic acids is 1. The van der Waals surface area contributed by atoms with Crippen LogP contribution in [-0.4, -0.2) is 34.4 Å². The predicted molar refractivity (Wildman–Crippen MR) is 131 cm³/mol. The number of carbonyl (C=O) groups is 3. The molecule has 4 atom stereocenters. The van der Waals surface area contributed by atoms with Gasteiger partial charge >= 0.3 is 5.97 Å². The molecule has 0 spiro atoms. The largest absolute Gasteiger partial charge is 0.481 e. The lowest BCUT2D eigenvalue weighted by Gasteiger charge is -2.29. The van der Waals surface area contributed by atoms with E-state index < -0.39 is 11.4 Å². The van der Waals surface area contributed by atoms with Crippen molar-refractivity contribution in [1.82, 2.24) is 0 Å². The molecule has 5 nitrogen and oxygen atoms in total. The quantitative estimate of drug-likeness (QED) is 0.348. The van der Waals surface area contributed by atoms with Crippen molar-refractivity contribution in [3.63, 3.8) is 0 Å². The van der Waals surface area contributed by atoms with Crippen LogP contribution in [0.3, 0.4) is 0 Å². The Morgan fingerprint density at radius 2 is 1.30 bits per heavy atom. The molecule has 2 aliphatic carbocycles. The summed E-state index contributed by atoms with van der Waals surface area (Å²) in [6.45, 7) is 7.77.